The van der Waals surface area contributed by atoms with Crippen LogP contribution in [0.3, 0.4) is 0 Å². The first-order valence-electron chi connectivity index (χ1n) is 5.64. The van der Waals surface area contributed by atoms with E-state index in [2.05, 4.69) is 31.2 Å². The highest BCUT2D eigenvalue weighted by atomic mass is 16.7. The van der Waals surface area contributed by atoms with Gasteiger partial charge in [-0.3, -0.25) is 0 Å². The topological polar surface area (TPSA) is 18.5 Å². The van der Waals surface area contributed by atoms with Crippen LogP contribution in [0.5, 0.6) is 0 Å². The molecule has 2 heteroatoms. The van der Waals surface area contributed by atoms with Crippen LogP contribution in [0.25, 0.3) is 0 Å². The Bertz CT molecular complexity index is 375. The number of benzene rings is 1. The molecule has 0 aromatic heterocycles. The highest BCUT2D eigenvalue weighted by Gasteiger charge is 2.41. The monoisotopic (exact) mass is 204 g/mol. The highest BCUT2D eigenvalue weighted by molar-refractivity contribution is 5.35. The van der Waals surface area contributed by atoms with Crippen LogP contribution in [0.15, 0.2) is 24.3 Å². The summed E-state index contributed by atoms with van der Waals surface area (Å²) in [5.74, 6) is 0.499. The first-order chi connectivity index (χ1) is 7.25. The van der Waals surface area contributed by atoms with Crippen molar-refractivity contribution < 1.29 is 9.47 Å². The second-order valence-corrected chi connectivity index (χ2v) is 4.53. The van der Waals surface area contributed by atoms with E-state index in [-0.39, 0.29) is 12.4 Å². The smallest absolute Gasteiger partial charge is 0.156 e. The van der Waals surface area contributed by atoms with Crippen molar-refractivity contribution in [3.63, 3.8) is 0 Å². The quantitative estimate of drug-likeness (QED) is 0.647. The Morgan fingerprint density at radius 1 is 1.13 bits per heavy atom. The maximum atomic E-state index is 5.88. The lowest BCUT2D eigenvalue weighted by molar-refractivity contribution is -0.254. The lowest BCUT2D eigenvalue weighted by atomic mass is 9.96. The van der Waals surface area contributed by atoms with Crippen molar-refractivity contribution in [1.29, 1.82) is 0 Å². The van der Waals surface area contributed by atoms with E-state index in [0.29, 0.717) is 12.0 Å². The van der Waals surface area contributed by atoms with E-state index in [1.807, 2.05) is 6.92 Å². The van der Waals surface area contributed by atoms with Gasteiger partial charge in [-0.15, -0.1) is 0 Å². The summed E-state index contributed by atoms with van der Waals surface area (Å²) < 4.78 is 11.6. The minimum atomic E-state index is -0.0765. The molecule has 1 aliphatic carbocycles. The van der Waals surface area contributed by atoms with Gasteiger partial charge in [0, 0.05) is 5.92 Å². The minimum Gasteiger partial charge on any atom is -0.350 e. The van der Waals surface area contributed by atoms with Gasteiger partial charge in [0.25, 0.3) is 0 Å². The van der Waals surface area contributed by atoms with E-state index in [1.165, 1.54) is 11.1 Å². The van der Waals surface area contributed by atoms with E-state index in [9.17, 15) is 0 Å². The molecule has 0 radical (unpaired) electrons. The summed E-state index contributed by atoms with van der Waals surface area (Å²) in [4.78, 5) is 0. The van der Waals surface area contributed by atoms with E-state index >= 15 is 0 Å². The normalized spacial score (nSPS) is 38.5. The van der Waals surface area contributed by atoms with Crippen LogP contribution in [0.1, 0.15) is 31.1 Å². The van der Waals surface area contributed by atoms with Crippen molar-refractivity contribution in [3.8, 4) is 0 Å². The predicted octanol–water partition coefficient (Wildman–Crippen LogP) is 2.68. The van der Waals surface area contributed by atoms with Gasteiger partial charge in [-0.05, 0) is 31.4 Å². The van der Waals surface area contributed by atoms with Crippen molar-refractivity contribution in [3.05, 3.63) is 35.4 Å². The van der Waals surface area contributed by atoms with Gasteiger partial charge < -0.3 is 9.47 Å². The second-order valence-electron chi connectivity index (χ2n) is 4.53. The number of hydrogen-bond donors (Lipinski definition) is 0. The maximum absolute atomic E-state index is 5.88. The van der Waals surface area contributed by atoms with Crippen LogP contribution in [0.4, 0.5) is 0 Å². The third-order valence-corrected chi connectivity index (χ3v) is 3.55. The van der Waals surface area contributed by atoms with E-state index in [1.54, 1.807) is 0 Å². The third kappa shape index (κ3) is 1.40. The van der Waals surface area contributed by atoms with Gasteiger partial charge in [-0.1, -0.05) is 24.3 Å². The molecule has 1 heterocycles. The summed E-state index contributed by atoms with van der Waals surface area (Å²) in [6, 6.07) is 8.58. The van der Waals surface area contributed by atoms with Gasteiger partial charge in [0.2, 0.25) is 0 Å². The van der Waals surface area contributed by atoms with Crippen LogP contribution in [-0.4, -0.2) is 12.4 Å². The zero-order valence-electron chi connectivity index (χ0n) is 9.14. The first kappa shape index (κ1) is 9.37. The highest BCUT2D eigenvalue weighted by Crippen LogP contribution is 2.44. The molecule has 0 N–H and O–H groups in total. The Morgan fingerprint density at radius 3 is 2.80 bits per heavy atom. The number of fused-ring (bicyclic) bond motifs is 3. The van der Waals surface area contributed by atoms with E-state index in [0.717, 1.165) is 6.42 Å². The molecule has 0 bridgehead atoms. The standard InChI is InChI=1S/C13H16O2/c1-8-12-7-10-5-3-4-6-11(10)13(12)15-9(2)14-8/h3-6,8-9,12-13H,7H2,1-2H3/t8-,9+,12-,13-/m1/s1. The average molecular weight is 204 g/mol. The molecule has 4 atom stereocenters. The zero-order valence-corrected chi connectivity index (χ0v) is 9.14. The fourth-order valence-electron chi connectivity index (χ4n) is 2.82. The van der Waals surface area contributed by atoms with Gasteiger partial charge in [0.05, 0.1) is 12.2 Å². The molecule has 1 fully saturated rings. The molecular weight excluding hydrogens is 188 g/mol. The molecule has 3 rings (SSSR count). The molecule has 2 nitrogen and oxygen atoms in total. The Hall–Kier alpha value is -0.860. The van der Waals surface area contributed by atoms with E-state index < -0.39 is 0 Å². The van der Waals surface area contributed by atoms with Crippen molar-refractivity contribution >= 4 is 0 Å². The molecule has 15 heavy (non-hydrogen) atoms. The van der Waals surface area contributed by atoms with Crippen LogP contribution in [0, 0.1) is 5.92 Å². The van der Waals surface area contributed by atoms with Gasteiger partial charge in [-0.25, -0.2) is 0 Å². The van der Waals surface area contributed by atoms with Gasteiger partial charge in [0.1, 0.15) is 0 Å². The molecule has 0 unspecified atom stereocenters. The summed E-state index contributed by atoms with van der Waals surface area (Å²) in [7, 11) is 0. The molecule has 0 saturated carbocycles. The van der Waals surface area contributed by atoms with Crippen molar-refractivity contribution in [2.75, 3.05) is 0 Å². The Morgan fingerprint density at radius 2 is 1.93 bits per heavy atom. The third-order valence-electron chi connectivity index (χ3n) is 3.55. The zero-order chi connectivity index (χ0) is 10.4. The predicted molar refractivity (Wildman–Crippen MR) is 57.5 cm³/mol. The summed E-state index contributed by atoms with van der Waals surface area (Å²) in [5, 5.41) is 0. The summed E-state index contributed by atoms with van der Waals surface area (Å²) in [6.45, 7) is 4.14. The van der Waals surface area contributed by atoms with Crippen LogP contribution >= 0.6 is 0 Å². The van der Waals surface area contributed by atoms with Gasteiger partial charge in [0.15, 0.2) is 6.29 Å². The van der Waals surface area contributed by atoms with Crippen molar-refractivity contribution in [2.45, 2.75) is 38.8 Å². The lowest BCUT2D eigenvalue weighted by Crippen LogP contribution is -2.37. The maximum Gasteiger partial charge on any atom is 0.156 e. The number of rotatable bonds is 0. The Balaban J connectivity index is 1.98. The van der Waals surface area contributed by atoms with Gasteiger partial charge >= 0.3 is 0 Å². The second kappa shape index (κ2) is 3.32. The minimum absolute atomic E-state index is 0.0765. The molecule has 2 aliphatic rings. The molecule has 0 amide bonds. The molecule has 1 aliphatic heterocycles. The largest absolute Gasteiger partial charge is 0.350 e. The SMILES string of the molecule is C[C@@H]1O[C@@H]2c3ccccc3C[C@@H]2[C@@H](C)O1. The van der Waals surface area contributed by atoms with Gasteiger partial charge in [-0.2, -0.15) is 0 Å². The number of hydrogen-bond acceptors (Lipinski definition) is 2. The number of ether oxygens (including phenoxy) is 2. The molecule has 1 aromatic rings. The summed E-state index contributed by atoms with van der Waals surface area (Å²) in [5.41, 5.74) is 2.79. The Kier molecular flexibility index (Phi) is 2.08. The fraction of sp³-hybridized carbons (Fsp3) is 0.538. The average Bonchev–Trinajstić information content (AvgIpc) is 2.57. The fourth-order valence-corrected chi connectivity index (χ4v) is 2.82. The first-order valence-corrected chi connectivity index (χ1v) is 5.64. The Labute approximate surface area is 90.2 Å². The summed E-state index contributed by atoms with van der Waals surface area (Å²) >= 11 is 0. The van der Waals surface area contributed by atoms with Crippen LogP contribution < -0.4 is 0 Å². The summed E-state index contributed by atoms with van der Waals surface area (Å²) in [6.07, 6.45) is 1.56. The molecular formula is C13H16O2. The molecule has 80 valence electrons. The lowest BCUT2D eigenvalue weighted by Gasteiger charge is -2.36. The molecule has 1 saturated heterocycles. The van der Waals surface area contributed by atoms with Crippen LogP contribution in [0.2, 0.25) is 0 Å². The molecule has 1 aromatic carbocycles. The van der Waals surface area contributed by atoms with Crippen LogP contribution in [-0.2, 0) is 15.9 Å². The molecule has 0 spiro atoms. The van der Waals surface area contributed by atoms with Crippen molar-refractivity contribution in [2.24, 2.45) is 5.92 Å². The van der Waals surface area contributed by atoms with Crippen molar-refractivity contribution in [1.82, 2.24) is 0 Å². The van der Waals surface area contributed by atoms with E-state index in [4.69, 9.17) is 9.47 Å².